The van der Waals surface area contributed by atoms with Gasteiger partial charge in [0.25, 0.3) is 11.1 Å². The maximum atomic E-state index is 5.79. The molecule has 0 bridgehead atoms. The van der Waals surface area contributed by atoms with E-state index in [1.54, 1.807) is 20.3 Å². The van der Waals surface area contributed by atoms with E-state index in [1.807, 2.05) is 34.9 Å². The summed E-state index contributed by atoms with van der Waals surface area (Å²) < 4.78 is 18.4. The van der Waals surface area contributed by atoms with Crippen LogP contribution in [0.25, 0.3) is 17.1 Å². The molecule has 0 spiro atoms. The van der Waals surface area contributed by atoms with E-state index in [0.717, 1.165) is 16.9 Å². The molecule has 4 rings (SSSR count). The minimum Gasteiger partial charge on any atom is -0.497 e. The average Bonchev–Trinajstić information content (AvgIpc) is 3.32. The van der Waals surface area contributed by atoms with Crippen molar-refractivity contribution in [2.75, 3.05) is 14.2 Å². The van der Waals surface area contributed by atoms with Gasteiger partial charge < -0.3 is 18.3 Å². The van der Waals surface area contributed by atoms with Crippen molar-refractivity contribution in [3.05, 3.63) is 54.0 Å². The highest BCUT2D eigenvalue weighted by atomic mass is 32.2. The molecule has 0 saturated carbocycles. The Balaban J connectivity index is 1.51. The average molecular weight is 382 g/mol. The highest BCUT2D eigenvalue weighted by Gasteiger charge is 2.15. The lowest BCUT2D eigenvalue weighted by atomic mass is 10.2. The van der Waals surface area contributed by atoms with Gasteiger partial charge in [-0.25, -0.2) is 4.98 Å². The number of benzene rings is 1. The van der Waals surface area contributed by atoms with Crippen LogP contribution in [-0.4, -0.2) is 33.8 Å². The van der Waals surface area contributed by atoms with Gasteiger partial charge >= 0.3 is 0 Å². The van der Waals surface area contributed by atoms with E-state index in [0.29, 0.717) is 28.4 Å². The molecule has 1 aromatic carbocycles. The third-order valence-corrected chi connectivity index (χ3v) is 4.89. The van der Waals surface area contributed by atoms with Crippen LogP contribution in [0.15, 0.2) is 52.4 Å². The van der Waals surface area contributed by atoms with Crippen LogP contribution >= 0.6 is 11.8 Å². The quantitative estimate of drug-likeness (QED) is 0.467. The molecule has 27 heavy (non-hydrogen) atoms. The number of aromatic nitrogens is 4. The van der Waals surface area contributed by atoms with Crippen molar-refractivity contribution < 1.29 is 13.9 Å². The summed E-state index contributed by atoms with van der Waals surface area (Å²) in [6.45, 7) is 2.06. The zero-order valence-corrected chi connectivity index (χ0v) is 16.0. The Morgan fingerprint density at radius 1 is 1.07 bits per heavy atom. The highest BCUT2D eigenvalue weighted by Crippen LogP contribution is 2.34. The van der Waals surface area contributed by atoms with E-state index in [2.05, 4.69) is 28.3 Å². The molecule has 3 aromatic heterocycles. The summed E-state index contributed by atoms with van der Waals surface area (Å²) in [4.78, 5) is 4.60. The molecule has 0 aliphatic heterocycles. The number of aryl methyl sites for hydroxylation is 1. The summed E-state index contributed by atoms with van der Waals surface area (Å²) in [6, 6.07) is 9.50. The number of thioether (sulfide) groups is 1. The molecular weight excluding hydrogens is 364 g/mol. The van der Waals surface area contributed by atoms with E-state index in [9.17, 15) is 0 Å². The van der Waals surface area contributed by atoms with E-state index in [-0.39, 0.29) is 0 Å². The molecule has 138 valence electrons. The Hall–Kier alpha value is -3.00. The fourth-order valence-corrected chi connectivity index (χ4v) is 3.36. The molecule has 0 aliphatic carbocycles. The van der Waals surface area contributed by atoms with Crippen molar-refractivity contribution in [3.8, 4) is 23.0 Å². The molecule has 0 amide bonds. The lowest BCUT2D eigenvalue weighted by molar-refractivity contribution is 0.393. The second-order valence-electron chi connectivity index (χ2n) is 5.93. The van der Waals surface area contributed by atoms with Crippen molar-refractivity contribution in [1.29, 1.82) is 0 Å². The molecule has 0 atom stereocenters. The fraction of sp³-hybridized carbons (Fsp3) is 0.211. The van der Waals surface area contributed by atoms with Crippen molar-refractivity contribution >= 4 is 17.4 Å². The minimum atomic E-state index is 0.405. The van der Waals surface area contributed by atoms with Gasteiger partial charge in [0, 0.05) is 24.2 Å². The van der Waals surface area contributed by atoms with E-state index >= 15 is 0 Å². The van der Waals surface area contributed by atoms with Crippen LogP contribution in [0.3, 0.4) is 0 Å². The molecule has 3 heterocycles. The van der Waals surface area contributed by atoms with Crippen LogP contribution in [0.2, 0.25) is 0 Å². The van der Waals surface area contributed by atoms with Gasteiger partial charge in [0.2, 0.25) is 0 Å². The van der Waals surface area contributed by atoms with Crippen molar-refractivity contribution in [2.24, 2.45) is 0 Å². The molecule has 8 heteroatoms. The number of nitrogens with zero attached hydrogens (tertiary/aromatic N) is 4. The van der Waals surface area contributed by atoms with Crippen LogP contribution in [0, 0.1) is 6.92 Å². The first-order chi connectivity index (χ1) is 13.2. The molecular formula is C19H18N4O3S. The molecule has 4 aromatic rings. The molecule has 0 unspecified atom stereocenters. The number of ether oxygens (including phenoxy) is 2. The zero-order valence-electron chi connectivity index (χ0n) is 15.2. The summed E-state index contributed by atoms with van der Waals surface area (Å²) in [5.41, 5.74) is 3.78. The molecule has 7 nitrogen and oxygen atoms in total. The number of hydrogen-bond acceptors (Lipinski definition) is 7. The van der Waals surface area contributed by atoms with Gasteiger partial charge in [0.05, 0.1) is 25.5 Å². The normalized spacial score (nSPS) is 11.1. The summed E-state index contributed by atoms with van der Waals surface area (Å²) in [6.07, 6.45) is 4.07. The van der Waals surface area contributed by atoms with E-state index < -0.39 is 0 Å². The van der Waals surface area contributed by atoms with Crippen LogP contribution in [-0.2, 0) is 5.75 Å². The number of imidazole rings is 1. The van der Waals surface area contributed by atoms with Gasteiger partial charge in [-0.3, -0.25) is 0 Å². The highest BCUT2D eigenvalue weighted by molar-refractivity contribution is 7.98. The molecule has 0 radical (unpaired) electrons. The third-order valence-electron chi connectivity index (χ3n) is 4.04. The topological polar surface area (TPSA) is 74.7 Å². The zero-order chi connectivity index (χ0) is 18.8. The third kappa shape index (κ3) is 3.61. The van der Waals surface area contributed by atoms with Crippen molar-refractivity contribution in [3.63, 3.8) is 0 Å². The Labute approximate surface area is 160 Å². The van der Waals surface area contributed by atoms with Gasteiger partial charge in [-0.15, -0.1) is 10.2 Å². The Morgan fingerprint density at radius 2 is 1.96 bits per heavy atom. The molecule has 0 N–H and O–H groups in total. The van der Waals surface area contributed by atoms with Gasteiger partial charge in [0.15, 0.2) is 0 Å². The smallest absolute Gasteiger partial charge is 0.277 e. The van der Waals surface area contributed by atoms with Gasteiger partial charge in [-0.05, 0) is 30.7 Å². The van der Waals surface area contributed by atoms with Crippen LogP contribution in [0.4, 0.5) is 0 Å². The molecule has 0 fully saturated rings. The predicted molar refractivity (Wildman–Crippen MR) is 102 cm³/mol. The summed E-state index contributed by atoms with van der Waals surface area (Å²) >= 11 is 1.45. The molecule has 0 aliphatic rings. The largest absolute Gasteiger partial charge is 0.497 e. The van der Waals surface area contributed by atoms with Crippen LogP contribution in [0.1, 0.15) is 11.3 Å². The van der Waals surface area contributed by atoms with Crippen LogP contribution in [0.5, 0.6) is 11.5 Å². The minimum absolute atomic E-state index is 0.405. The Bertz CT molecular complexity index is 1090. The second-order valence-corrected chi connectivity index (χ2v) is 6.86. The Kier molecular flexibility index (Phi) is 4.72. The predicted octanol–water partition coefficient (Wildman–Crippen LogP) is 4.00. The SMILES string of the molecule is COc1ccc(-c2nnc(SCc3cn4cc(C)ccc4n3)o2)c(OC)c1. The second kappa shape index (κ2) is 7.32. The number of pyridine rings is 1. The first-order valence-corrected chi connectivity index (χ1v) is 9.28. The Morgan fingerprint density at radius 3 is 2.78 bits per heavy atom. The number of rotatable bonds is 6. The van der Waals surface area contributed by atoms with E-state index in [4.69, 9.17) is 13.9 Å². The first kappa shape index (κ1) is 17.4. The van der Waals surface area contributed by atoms with Gasteiger partial charge in [-0.2, -0.15) is 0 Å². The lowest BCUT2D eigenvalue weighted by Crippen LogP contribution is -1.90. The standard InChI is InChI=1S/C19H18N4O3S/c1-12-4-7-17-20-13(10-23(17)9-12)11-27-19-22-21-18(26-19)15-6-5-14(24-2)8-16(15)25-3/h4-10H,11H2,1-3H3. The maximum Gasteiger partial charge on any atom is 0.277 e. The van der Waals surface area contributed by atoms with Crippen LogP contribution < -0.4 is 9.47 Å². The molecule has 0 saturated heterocycles. The monoisotopic (exact) mass is 382 g/mol. The van der Waals surface area contributed by atoms with Gasteiger partial charge in [-0.1, -0.05) is 17.8 Å². The summed E-state index contributed by atoms with van der Waals surface area (Å²) in [5.74, 6) is 2.36. The number of fused-ring (bicyclic) bond motifs is 1. The summed E-state index contributed by atoms with van der Waals surface area (Å²) in [7, 11) is 3.20. The van der Waals surface area contributed by atoms with Crippen molar-refractivity contribution in [2.45, 2.75) is 17.9 Å². The van der Waals surface area contributed by atoms with E-state index in [1.165, 1.54) is 17.3 Å². The number of methoxy groups -OCH3 is 2. The number of hydrogen-bond donors (Lipinski definition) is 0. The fourth-order valence-electron chi connectivity index (χ4n) is 2.71. The summed E-state index contributed by atoms with van der Waals surface area (Å²) in [5, 5.41) is 8.73. The lowest BCUT2D eigenvalue weighted by Gasteiger charge is -2.07. The first-order valence-electron chi connectivity index (χ1n) is 8.29. The van der Waals surface area contributed by atoms with Gasteiger partial charge in [0.1, 0.15) is 17.1 Å². The van der Waals surface area contributed by atoms with Crippen molar-refractivity contribution in [1.82, 2.24) is 19.6 Å². The maximum absolute atomic E-state index is 5.79.